The number of ether oxygens (including phenoxy) is 1. The van der Waals surface area contributed by atoms with Crippen LogP contribution in [0.3, 0.4) is 0 Å². The quantitative estimate of drug-likeness (QED) is 0.479. The number of hydrogen-bond donors (Lipinski definition) is 2. The summed E-state index contributed by atoms with van der Waals surface area (Å²) in [4.78, 5) is 28.3. The molecule has 1 heterocycles. The predicted molar refractivity (Wildman–Crippen MR) is 140 cm³/mol. The zero-order valence-electron chi connectivity index (χ0n) is 20.2. The molecular weight excluding hydrogens is 438 g/mol. The molecule has 1 saturated heterocycles. The van der Waals surface area contributed by atoms with E-state index >= 15 is 0 Å². The molecule has 1 fully saturated rings. The van der Waals surface area contributed by atoms with Crippen molar-refractivity contribution >= 4 is 23.2 Å². The first-order valence-corrected chi connectivity index (χ1v) is 12.2. The van der Waals surface area contributed by atoms with Gasteiger partial charge in [0.05, 0.1) is 13.2 Å². The van der Waals surface area contributed by atoms with Gasteiger partial charge < -0.3 is 20.3 Å². The maximum absolute atomic E-state index is 13.2. The fourth-order valence-corrected chi connectivity index (χ4v) is 4.24. The maximum atomic E-state index is 13.2. The molecule has 0 radical (unpaired) electrons. The number of nitrogens with one attached hydrogen (secondary N) is 2. The number of morpholine rings is 1. The highest BCUT2D eigenvalue weighted by Gasteiger charge is 2.22. The fourth-order valence-electron chi connectivity index (χ4n) is 4.24. The first-order valence-electron chi connectivity index (χ1n) is 12.2. The van der Waals surface area contributed by atoms with Gasteiger partial charge in [-0.15, -0.1) is 0 Å². The van der Waals surface area contributed by atoms with E-state index in [0.717, 1.165) is 50.4 Å². The van der Waals surface area contributed by atoms with Gasteiger partial charge in [-0.3, -0.25) is 9.59 Å². The number of hydrogen-bond acceptors (Lipinski definition) is 4. The van der Waals surface area contributed by atoms with Crippen molar-refractivity contribution in [1.82, 2.24) is 5.32 Å². The van der Waals surface area contributed by atoms with Gasteiger partial charge in [0.1, 0.15) is 6.04 Å². The molecule has 35 heavy (non-hydrogen) atoms. The first-order chi connectivity index (χ1) is 17.1. The molecular formula is C29H33N3O3. The summed E-state index contributed by atoms with van der Waals surface area (Å²) in [5, 5.41) is 5.93. The van der Waals surface area contributed by atoms with Crippen LogP contribution in [0.1, 0.15) is 34.3 Å². The normalized spacial score (nSPS) is 14.3. The summed E-state index contributed by atoms with van der Waals surface area (Å²) in [7, 11) is 0. The van der Waals surface area contributed by atoms with E-state index in [1.54, 1.807) is 12.1 Å². The highest BCUT2D eigenvalue weighted by molar-refractivity contribution is 6.01. The zero-order valence-corrected chi connectivity index (χ0v) is 20.2. The van der Waals surface area contributed by atoms with Crippen LogP contribution in [0, 0.1) is 6.92 Å². The van der Waals surface area contributed by atoms with Crippen LogP contribution in [-0.4, -0.2) is 44.2 Å². The molecule has 1 atom stereocenters. The number of benzene rings is 3. The summed E-state index contributed by atoms with van der Waals surface area (Å²) < 4.78 is 5.44. The molecule has 1 aliphatic heterocycles. The van der Waals surface area contributed by atoms with Gasteiger partial charge in [-0.05, 0) is 67.6 Å². The van der Waals surface area contributed by atoms with E-state index in [0.29, 0.717) is 12.0 Å². The van der Waals surface area contributed by atoms with Crippen LogP contribution in [0.2, 0.25) is 0 Å². The summed E-state index contributed by atoms with van der Waals surface area (Å²) in [5.41, 5.74) is 4.71. The molecule has 0 spiro atoms. The molecule has 182 valence electrons. The van der Waals surface area contributed by atoms with Gasteiger partial charge in [-0.2, -0.15) is 0 Å². The molecule has 3 aromatic carbocycles. The van der Waals surface area contributed by atoms with Gasteiger partial charge >= 0.3 is 0 Å². The smallest absolute Gasteiger partial charge is 0.251 e. The van der Waals surface area contributed by atoms with Gasteiger partial charge in [0, 0.05) is 30.0 Å². The number of amides is 2. The minimum absolute atomic E-state index is 0.203. The van der Waals surface area contributed by atoms with Gasteiger partial charge in [-0.1, -0.05) is 48.5 Å². The van der Waals surface area contributed by atoms with E-state index in [9.17, 15) is 9.59 Å². The molecule has 6 heteroatoms. The van der Waals surface area contributed by atoms with E-state index in [1.165, 1.54) is 11.3 Å². The Hall–Kier alpha value is -3.64. The lowest BCUT2D eigenvalue weighted by atomic mass is 10.0. The van der Waals surface area contributed by atoms with Crippen molar-refractivity contribution in [3.05, 3.63) is 95.6 Å². The first kappa shape index (κ1) is 24.5. The topological polar surface area (TPSA) is 70.7 Å². The fraction of sp³-hybridized carbons (Fsp3) is 0.310. The summed E-state index contributed by atoms with van der Waals surface area (Å²) in [6.07, 6.45) is 2.15. The van der Waals surface area contributed by atoms with Crippen LogP contribution < -0.4 is 15.5 Å². The van der Waals surface area contributed by atoms with Crippen molar-refractivity contribution in [2.45, 2.75) is 32.2 Å². The predicted octanol–water partition coefficient (Wildman–Crippen LogP) is 4.59. The molecule has 2 amide bonds. The van der Waals surface area contributed by atoms with Crippen molar-refractivity contribution in [1.29, 1.82) is 0 Å². The van der Waals surface area contributed by atoms with Crippen molar-refractivity contribution < 1.29 is 14.3 Å². The average Bonchev–Trinajstić information content (AvgIpc) is 2.90. The van der Waals surface area contributed by atoms with E-state index in [2.05, 4.69) is 39.8 Å². The number of carbonyl (C=O) groups excluding carboxylic acids is 2. The van der Waals surface area contributed by atoms with Crippen molar-refractivity contribution in [2.24, 2.45) is 0 Å². The monoisotopic (exact) mass is 471 g/mol. The Morgan fingerprint density at radius 3 is 2.31 bits per heavy atom. The lowest BCUT2D eigenvalue weighted by Gasteiger charge is -2.28. The Balaban J connectivity index is 1.38. The molecule has 4 rings (SSSR count). The molecule has 0 bridgehead atoms. The van der Waals surface area contributed by atoms with E-state index < -0.39 is 6.04 Å². The Labute approximate surface area is 207 Å². The van der Waals surface area contributed by atoms with E-state index in [4.69, 9.17) is 4.74 Å². The highest BCUT2D eigenvalue weighted by Crippen LogP contribution is 2.19. The van der Waals surface area contributed by atoms with Crippen molar-refractivity contribution in [2.75, 3.05) is 36.5 Å². The van der Waals surface area contributed by atoms with Crippen molar-refractivity contribution in [3.63, 3.8) is 0 Å². The zero-order chi connectivity index (χ0) is 24.5. The summed E-state index contributed by atoms with van der Waals surface area (Å²) in [5.74, 6) is -0.448. The molecule has 0 aliphatic carbocycles. The molecule has 0 saturated carbocycles. The minimum Gasteiger partial charge on any atom is -0.378 e. The number of nitrogens with zero attached hydrogens (tertiary/aromatic N) is 1. The Bertz CT molecular complexity index is 1110. The third kappa shape index (κ3) is 6.93. The van der Waals surface area contributed by atoms with E-state index in [-0.39, 0.29) is 11.8 Å². The third-order valence-electron chi connectivity index (χ3n) is 6.33. The lowest BCUT2D eigenvalue weighted by Crippen LogP contribution is -2.44. The van der Waals surface area contributed by atoms with Crippen LogP contribution >= 0.6 is 0 Å². The van der Waals surface area contributed by atoms with Crippen LogP contribution in [-0.2, 0) is 16.0 Å². The Kier molecular flexibility index (Phi) is 8.52. The summed E-state index contributed by atoms with van der Waals surface area (Å²) in [6, 6.07) is 24.6. The maximum Gasteiger partial charge on any atom is 0.251 e. The van der Waals surface area contributed by atoms with Crippen LogP contribution in [0.15, 0.2) is 78.9 Å². The van der Waals surface area contributed by atoms with Crippen molar-refractivity contribution in [3.8, 4) is 0 Å². The van der Waals surface area contributed by atoms with Gasteiger partial charge in [-0.25, -0.2) is 0 Å². The second kappa shape index (κ2) is 12.2. The second-order valence-electron chi connectivity index (χ2n) is 8.85. The standard InChI is InChI=1S/C29H33N3O3/c1-22-8-5-6-12-26(22)30-29(34)27(31-28(33)24-10-3-2-4-11-24)13-7-9-23-14-16-25(17-15-23)32-18-20-35-21-19-32/h2-6,8,10-12,14-17,27H,7,9,13,18-21H2,1H3,(H,30,34)(H,31,33). The largest absolute Gasteiger partial charge is 0.378 e. The molecule has 6 nitrogen and oxygen atoms in total. The second-order valence-corrected chi connectivity index (χ2v) is 8.85. The Morgan fingerprint density at radius 1 is 0.914 bits per heavy atom. The number of para-hydroxylation sites is 1. The van der Waals surface area contributed by atoms with Crippen LogP contribution in [0.25, 0.3) is 0 Å². The van der Waals surface area contributed by atoms with Gasteiger partial charge in [0.15, 0.2) is 0 Å². The molecule has 1 aliphatic rings. The van der Waals surface area contributed by atoms with Gasteiger partial charge in [0.25, 0.3) is 5.91 Å². The molecule has 1 unspecified atom stereocenters. The SMILES string of the molecule is Cc1ccccc1NC(=O)C(CCCc1ccc(N2CCOCC2)cc1)NC(=O)c1ccccc1. The third-order valence-corrected chi connectivity index (χ3v) is 6.33. The lowest BCUT2D eigenvalue weighted by molar-refractivity contribution is -0.118. The van der Waals surface area contributed by atoms with Crippen LogP contribution in [0.4, 0.5) is 11.4 Å². The number of carbonyl (C=O) groups is 2. The Morgan fingerprint density at radius 2 is 1.60 bits per heavy atom. The van der Waals surface area contributed by atoms with E-state index in [1.807, 2.05) is 49.4 Å². The van der Waals surface area contributed by atoms with Gasteiger partial charge in [0.2, 0.25) is 5.91 Å². The average molecular weight is 472 g/mol. The van der Waals surface area contributed by atoms with Crippen LogP contribution in [0.5, 0.6) is 0 Å². The number of aryl methyl sites for hydroxylation is 2. The molecule has 0 aromatic heterocycles. The highest BCUT2D eigenvalue weighted by atomic mass is 16.5. The number of rotatable bonds is 9. The summed E-state index contributed by atoms with van der Waals surface area (Å²) in [6.45, 7) is 5.31. The molecule has 2 N–H and O–H groups in total. The summed E-state index contributed by atoms with van der Waals surface area (Å²) >= 11 is 0. The minimum atomic E-state index is -0.630. The number of anilines is 2. The molecule has 3 aromatic rings.